The first-order valence-electron chi connectivity index (χ1n) is 6.12. The van der Waals surface area contributed by atoms with Crippen LogP contribution in [0.4, 0.5) is 5.69 Å². The van der Waals surface area contributed by atoms with Crippen molar-refractivity contribution in [3.63, 3.8) is 0 Å². The third kappa shape index (κ3) is 4.75. The van der Waals surface area contributed by atoms with E-state index in [2.05, 4.69) is 27.9 Å². The number of nitrogens with one attached hydrogen (secondary N) is 1. The van der Waals surface area contributed by atoms with Crippen LogP contribution in [0.5, 0.6) is 5.75 Å². The zero-order valence-electron chi connectivity index (χ0n) is 11.0. The summed E-state index contributed by atoms with van der Waals surface area (Å²) >= 11 is 2.15. The molecular weight excluding hydrogens is 383 g/mol. The molecule has 0 aliphatic heterocycles. The molecule has 0 saturated heterocycles. The number of rotatable bonds is 5. The van der Waals surface area contributed by atoms with Gasteiger partial charge in [-0.05, 0) is 52.9 Å². The minimum atomic E-state index is -0.553. The molecule has 0 heterocycles. The van der Waals surface area contributed by atoms with E-state index < -0.39 is 5.91 Å². The van der Waals surface area contributed by atoms with Gasteiger partial charge in [0, 0.05) is 20.9 Å². The molecule has 0 unspecified atom stereocenters. The van der Waals surface area contributed by atoms with E-state index in [1.165, 1.54) is 0 Å². The zero-order valence-corrected chi connectivity index (χ0v) is 13.2. The molecule has 0 spiro atoms. The lowest BCUT2D eigenvalue weighted by Gasteiger charge is -2.08. The Morgan fingerprint density at radius 1 is 1.14 bits per heavy atom. The molecule has 21 heavy (non-hydrogen) atoms. The fourth-order valence-electron chi connectivity index (χ4n) is 1.65. The Kier molecular flexibility index (Phi) is 5.15. The Morgan fingerprint density at radius 3 is 2.62 bits per heavy atom. The van der Waals surface area contributed by atoms with Crippen LogP contribution in [0.25, 0.3) is 0 Å². The highest BCUT2D eigenvalue weighted by Crippen LogP contribution is 2.18. The van der Waals surface area contributed by atoms with Crippen LogP contribution in [0.3, 0.4) is 0 Å². The van der Waals surface area contributed by atoms with Gasteiger partial charge in [0.05, 0.1) is 0 Å². The predicted molar refractivity (Wildman–Crippen MR) is 88.2 cm³/mol. The van der Waals surface area contributed by atoms with Crippen molar-refractivity contribution in [2.24, 2.45) is 5.73 Å². The quantitative estimate of drug-likeness (QED) is 0.762. The third-order valence-corrected chi connectivity index (χ3v) is 3.23. The van der Waals surface area contributed by atoms with Crippen molar-refractivity contribution >= 4 is 40.1 Å². The van der Waals surface area contributed by atoms with E-state index in [1.54, 1.807) is 36.4 Å². The molecule has 0 atom stereocenters. The molecule has 2 rings (SSSR count). The van der Waals surface area contributed by atoms with E-state index in [9.17, 15) is 9.59 Å². The van der Waals surface area contributed by atoms with Gasteiger partial charge in [-0.25, -0.2) is 0 Å². The van der Waals surface area contributed by atoms with Gasteiger partial charge in [0.2, 0.25) is 0 Å². The fraction of sp³-hybridized carbons (Fsp3) is 0.0667. The maximum atomic E-state index is 12.1. The van der Waals surface area contributed by atoms with Gasteiger partial charge in [0.15, 0.2) is 6.61 Å². The van der Waals surface area contributed by atoms with Crippen molar-refractivity contribution in [2.45, 2.75) is 0 Å². The Hall–Kier alpha value is -2.09. The van der Waals surface area contributed by atoms with E-state index in [0.717, 1.165) is 3.57 Å². The summed E-state index contributed by atoms with van der Waals surface area (Å²) in [7, 11) is 0. The molecule has 108 valence electrons. The van der Waals surface area contributed by atoms with Crippen LogP contribution in [-0.4, -0.2) is 18.4 Å². The zero-order chi connectivity index (χ0) is 15.2. The predicted octanol–water partition coefficient (Wildman–Crippen LogP) is 2.41. The van der Waals surface area contributed by atoms with Gasteiger partial charge in [-0.3, -0.25) is 9.59 Å². The summed E-state index contributed by atoms with van der Waals surface area (Å²) in [5, 5.41) is 2.78. The lowest BCUT2D eigenvalue weighted by molar-refractivity contribution is -0.119. The second kappa shape index (κ2) is 7.07. The molecule has 0 bridgehead atoms. The Labute approximate surface area is 135 Å². The number of halogens is 1. The molecule has 6 heteroatoms. The number of primary amides is 1. The van der Waals surface area contributed by atoms with E-state index >= 15 is 0 Å². The highest BCUT2D eigenvalue weighted by Gasteiger charge is 2.07. The van der Waals surface area contributed by atoms with Gasteiger partial charge in [0.1, 0.15) is 5.75 Å². The molecule has 2 aromatic rings. The summed E-state index contributed by atoms with van der Waals surface area (Å²) in [5.74, 6) is -0.293. The van der Waals surface area contributed by atoms with Gasteiger partial charge < -0.3 is 15.8 Å². The summed E-state index contributed by atoms with van der Waals surface area (Å²) < 4.78 is 6.17. The molecule has 0 aliphatic rings. The maximum absolute atomic E-state index is 12.1. The van der Waals surface area contributed by atoms with Crippen LogP contribution in [0, 0.1) is 3.57 Å². The van der Waals surface area contributed by atoms with E-state index in [1.807, 2.05) is 12.1 Å². The number of carbonyl (C=O) groups is 2. The molecule has 5 nitrogen and oxygen atoms in total. The normalized spacial score (nSPS) is 9.95. The lowest BCUT2D eigenvalue weighted by atomic mass is 10.2. The molecule has 0 fully saturated rings. The number of carbonyl (C=O) groups excluding carboxylic acids is 2. The van der Waals surface area contributed by atoms with E-state index in [4.69, 9.17) is 10.5 Å². The molecule has 3 N–H and O–H groups in total. The fourth-order valence-corrected chi connectivity index (χ4v) is 2.19. The lowest BCUT2D eigenvalue weighted by Crippen LogP contribution is -2.20. The average molecular weight is 396 g/mol. The monoisotopic (exact) mass is 396 g/mol. The molecule has 0 aliphatic carbocycles. The second-order valence-corrected chi connectivity index (χ2v) is 5.49. The average Bonchev–Trinajstić information content (AvgIpc) is 2.45. The minimum Gasteiger partial charge on any atom is -0.484 e. The number of anilines is 1. The molecule has 2 aromatic carbocycles. The van der Waals surface area contributed by atoms with Crippen molar-refractivity contribution in [2.75, 3.05) is 11.9 Å². The van der Waals surface area contributed by atoms with Crippen LogP contribution in [0.2, 0.25) is 0 Å². The Morgan fingerprint density at radius 2 is 1.90 bits per heavy atom. The van der Waals surface area contributed by atoms with Crippen molar-refractivity contribution in [1.29, 1.82) is 0 Å². The van der Waals surface area contributed by atoms with E-state index in [0.29, 0.717) is 17.0 Å². The van der Waals surface area contributed by atoms with Crippen molar-refractivity contribution in [3.8, 4) is 5.75 Å². The number of amides is 2. The summed E-state index contributed by atoms with van der Waals surface area (Å²) in [6.07, 6.45) is 0. The standard InChI is InChI=1S/C15H13IN2O3/c16-11-4-1-3-10(7-11)15(20)18-12-5-2-6-13(8-12)21-9-14(17)19/h1-8H,9H2,(H2,17,19)(H,18,20). The maximum Gasteiger partial charge on any atom is 0.255 e. The number of nitrogens with two attached hydrogens (primary N) is 1. The summed E-state index contributed by atoms with van der Waals surface area (Å²) in [6.45, 7) is -0.200. The molecule has 0 aromatic heterocycles. The van der Waals surface area contributed by atoms with Crippen LogP contribution < -0.4 is 15.8 Å². The smallest absolute Gasteiger partial charge is 0.255 e. The molecule has 0 saturated carbocycles. The topological polar surface area (TPSA) is 81.4 Å². The van der Waals surface area contributed by atoms with Gasteiger partial charge in [-0.15, -0.1) is 0 Å². The van der Waals surface area contributed by atoms with Crippen molar-refractivity contribution in [3.05, 3.63) is 57.7 Å². The van der Waals surface area contributed by atoms with E-state index in [-0.39, 0.29) is 12.5 Å². The first kappa shape index (κ1) is 15.3. The largest absolute Gasteiger partial charge is 0.484 e. The number of benzene rings is 2. The Balaban J connectivity index is 2.07. The Bertz CT molecular complexity index is 673. The highest BCUT2D eigenvalue weighted by molar-refractivity contribution is 14.1. The first-order valence-corrected chi connectivity index (χ1v) is 7.20. The minimum absolute atomic E-state index is 0.200. The van der Waals surface area contributed by atoms with Gasteiger partial charge in [-0.2, -0.15) is 0 Å². The second-order valence-electron chi connectivity index (χ2n) is 4.25. The molecule has 2 amide bonds. The van der Waals surface area contributed by atoms with Gasteiger partial charge in [0.25, 0.3) is 11.8 Å². The van der Waals surface area contributed by atoms with Gasteiger partial charge in [-0.1, -0.05) is 12.1 Å². The number of hydrogen-bond donors (Lipinski definition) is 2. The highest BCUT2D eigenvalue weighted by atomic mass is 127. The van der Waals surface area contributed by atoms with Crippen LogP contribution in [-0.2, 0) is 4.79 Å². The summed E-state index contributed by atoms with van der Waals surface area (Å²) in [5.41, 5.74) is 6.17. The number of ether oxygens (including phenoxy) is 1. The van der Waals surface area contributed by atoms with Crippen molar-refractivity contribution in [1.82, 2.24) is 0 Å². The summed E-state index contributed by atoms with van der Waals surface area (Å²) in [6, 6.07) is 14.1. The number of hydrogen-bond acceptors (Lipinski definition) is 3. The van der Waals surface area contributed by atoms with Crippen LogP contribution >= 0.6 is 22.6 Å². The van der Waals surface area contributed by atoms with Crippen molar-refractivity contribution < 1.29 is 14.3 Å². The van der Waals surface area contributed by atoms with Crippen LogP contribution in [0.1, 0.15) is 10.4 Å². The molecular formula is C15H13IN2O3. The SMILES string of the molecule is NC(=O)COc1cccc(NC(=O)c2cccc(I)c2)c1. The van der Waals surface area contributed by atoms with Crippen LogP contribution in [0.15, 0.2) is 48.5 Å². The summed E-state index contributed by atoms with van der Waals surface area (Å²) in [4.78, 5) is 22.8. The first-order chi connectivity index (χ1) is 10.0. The third-order valence-electron chi connectivity index (χ3n) is 2.56. The molecule has 0 radical (unpaired) electrons. The van der Waals surface area contributed by atoms with Gasteiger partial charge >= 0.3 is 0 Å².